The number of amides is 1. The summed E-state index contributed by atoms with van der Waals surface area (Å²) >= 11 is 0. The average molecular weight is 411 g/mol. The molecule has 0 atom stereocenters. The molecule has 0 spiro atoms. The van der Waals surface area contributed by atoms with E-state index in [-0.39, 0.29) is 22.9 Å². The molecular weight excluding hydrogens is 389 g/mol. The Balaban J connectivity index is 1.80. The van der Waals surface area contributed by atoms with E-state index in [1.165, 1.54) is 16.8 Å². The molecular formula is C22H22FN3O4. The van der Waals surface area contributed by atoms with Crippen LogP contribution in [0.15, 0.2) is 47.3 Å². The Kier molecular flexibility index (Phi) is 6.25. The zero-order valence-electron chi connectivity index (χ0n) is 16.9. The van der Waals surface area contributed by atoms with Crippen LogP contribution in [0.3, 0.4) is 0 Å². The Morgan fingerprint density at radius 1 is 1.17 bits per heavy atom. The zero-order valence-corrected chi connectivity index (χ0v) is 16.9. The number of rotatable bonds is 6. The van der Waals surface area contributed by atoms with Gasteiger partial charge in [0.1, 0.15) is 5.82 Å². The normalized spacial score (nSPS) is 11.0. The van der Waals surface area contributed by atoms with E-state index >= 15 is 0 Å². The van der Waals surface area contributed by atoms with Crippen molar-refractivity contribution in [2.45, 2.75) is 27.3 Å². The lowest BCUT2D eigenvalue weighted by Crippen LogP contribution is -2.29. The zero-order chi connectivity index (χ0) is 21.8. The highest BCUT2D eigenvalue weighted by molar-refractivity contribution is 6.03. The van der Waals surface area contributed by atoms with Gasteiger partial charge in [0.15, 0.2) is 12.3 Å². The van der Waals surface area contributed by atoms with Crippen molar-refractivity contribution in [1.29, 1.82) is 0 Å². The highest BCUT2D eigenvalue weighted by Crippen LogP contribution is 2.16. The van der Waals surface area contributed by atoms with Crippen LogP contribution in [0.25, 0.3) is 10.8 Å². The van der Waals surface area contributed by atoms with E-state index in [1.54, 1.807) is 37.3 Å². The minimum atomic E-state index is -0.844. The number of fused-ring (bicyclic) bond motifs is 1. The summed E-state index contributed by atoms with van der Waals surface area (Å²) in [5.74, 6) is -1.98. The average Bonchev–Trinajstić information content (AvgIpc) is 2.70. The van der Waals surface area contributed by atoms with Gasteiger partial charge in [-0.2, -0.15) is 5.10 Å². The Labute approximate surface area is 172 Å². The number of carbonyl (C=O) groups excluding carboxylic acids is 2. The molecule has 0 fully saturated rings. The number of hydrogen-bond acceptors (Lipinski definition) is 5. The topological polar surface area (TPSA) is 90.3 Å². The number of esters is 1. The predicted molar refractivity (Wildman–Crippen MR) is 111 cm³/mol. The number of aromatic nitrogens is 2. The SMILES string of the molecule is Cc1ccc(NC(=O)COC(=O)c2nn(CC(C)C)c(=O)c3ccccc23)c(F)c1. The third-order valence-corrected chi connectivity index (χ3v) is 4.33. The molecule has 0 saturated carbocycles. The van der Waals surface area contributed by atoms with Gasteiger partial charge >= 0.3 is 5.97 Å². The molecule has 0 aliphatic rings. The molecule has 8 heteroatoms. The number of hydrogen-bond donors (Lipinski definition) is 1. The first kappa shape index (κ1) is 21.2. The van der Waals surface area contributed by atoms with Gasteiger partial charge in [0.05, 0.1) is 11.1 Å². The summed E-state index contributed by atoms with van der Waals surface area (Å²) < 4.78 is 20.2. The fourth-order valence-corrected chi connectivity index (χ4v) is 2.96. The third-order valence-electron chi connectivity index (χ3n) is 4.33. The number of anilines is 1. The Morgan fingerprint density at radius 2 is 1.87 bits per heavy atom. The quantitative estimate of drug-likeness (QED) is 0.629. The fourth-order valence-electron chi connectivity index (χ4n) is 2.96. The van der Waals surface area contributed by atoms with Crippen LogP contribution in [0.4, 0.5) is 10.1 Å². The number of benzene rings is 2. The minimum Gasteiger partial charge on any atom is -0.451 e. The van der Waals surface area contributed by atoms with Crippen molar-refractivity contribution in [2.24, 2.45) is 5.92 Å². The van der Waals surface area contributed by atoms with Crippen molar-refractivity contribution in [1.82, 2.24) is 9.78 Å². The number of halogens is 1. The first-order valence-corrected chi connectivity index (χ1v) is 9.49. The molecule has 0 radical (unpaired) electrons. The minimum absolute atomic E-state index is 0.00398. The molecule has 0 unspecified atom stereocenters. The van der Waals surface area contributed by atoms with Gasteiger partial charge in [0.25, 0.3) is 11.5 Å². The Hall–Kier alpha value is -3.55. The second-order valence-electron chi connectivity index (χ2n) is 7.38. The first-order valence-electron chi connectivity index (χ1n) is 9.49. The summed E-state index contributed by atoms with van der Waals surface area (Å²) in [7, 11) is 0. The summed E-state index contributed by atoms with van der Waals surface area (Å²) in [6, 6.07) is 11.0. The second kappa shape index (κ2) is 8.86. The lowest BCUT2D eigenvalue weighted by molar-refractivity contribution is -0.119. The maximum absolute atomic E-state index is 13.9. The first-order chi connectivity index (χ1) is 14.3. The summed E-state index contributed by atoms with van der Waals surface area (Å²) in [4.78, 5) is 37.3. The van der Waals surface area contributed by atoms with Gasteiger partial charge in [0, 0.05) is 11.9 Å². The molecule has 1 aromatic heterocycles. The van der Waals surface area contributed by atoms with Crippen LogP contribution in [-0.2, 0) is 16.1 Å². The van der Waals surface area contributed by atoms with E-state index in [0.29, 0.717) is 22.9 Å². The van der Waals surface area contributed by atoms with E-state index in [1.807, 2.05) is 13.8 Å². The molecule has 156 valence electrons. The van der Waals surface area contributed by atoms with E-state index in [2.05, 4.69) is 10.4 Å². The maximum atomic E-state index is 13.9. The smallest absolute Gasteiger partial charge is 0.359 e. The van der Waals surface area contributed by atoms with Gasteiger partial charge in [-0.3, -0.25) is 9.59 Å². The molecule has 1 N–H and O–H groups in total. The van der Waals surface area contributed by atoms with Crippen LogP contribution in [0.5, 0.6) is 0 Å². The molecule has 0 aliphatic heterocycles. The van der Waals surface area contributed by atoms with Crippen molar-refractivity contribution in [3.8, 4) is 0 Å². The highest BCUT2D eigenvalue weighted by Gasteiger charge is 2.19. The Bertz CT molecular complexity index is 1170. The van der Waals surface area contributed by atoms with E-state index in [0.717, 1.165) is 0 Å². The molecule has 3 aromatic rings. The number of ether oxygens (including phenoxy) is 1. The molecule has 2 aromatic carbocycles. The fraction of sp³-hybridized carbons (Fsp3) is 0.273. The molecule has 3 rings (SSSR count). The van der Waals surface area contributed by atoms with Crippen LogP contribution < -0.4 is 10.9 Å². The van der Waals surface area contributed by atoms with Crippen molar-refractivity contribution in [2.75, 3.05) is 11.9 Å². The van der Waals surface area contributed by atoms with Crippen LogP contribution >= 0.6 is 0 Å². The van der Waals surface area contributed by atoms with Crippen LogP contribution in [0.2, 0.25) is 0 Å². The molecule has 0 bridgehead atoms. The number of nitrogens with zero attached hydrogens (tertiary/aromatic N) is 2. The summed E-state index contributed by atoms with van der Waals surface area (Å²) in [5, 5.41) is 7.21. The second-order valence-corrected chi connectivity index (χ2v) is 7.38. The largest absolute Gasteiger partial charge is 0.451 e. The lowest BCUT2D eigenvalue weighted by Gasteiger charge is -2.12. The molecule has 1 amide bonds. The molecule has 30 heavy (non-hydrogen) atoms. The van der Waals surface area contributed by atoms with Gasteiger partial charge in [-0.15, -0.1) is 0 Å². The van der Waals surface area contributed by atoms with Gasteiger partial charge < -0.3 is 10.1 Å². The van der Waals surface area contributed by atoms with Crippen LogP contribution in [0.1, 0.15) is 29.9 Å². The van der Waals surface area contributed by atoms with Gasteiger partial charge in [-0.25, -0.2) is 13.9 Å². The predicted octanol–water partition coefficient (Wildman–Crippen LogP) is 3.30. The van der Waals surface area contributed by atoms with Gasteiger partial charge in [-0.1, -0.05) is 38.1 Å². The van der Waals surface area contributed by atoms with Crippen molar-refractivity contribution in [3.63, 3.8) is 0 Å². The summed E-state index contributed by atoms with van der Waals surface area (Å²) in [5.41, 5.74) is 0.353. The van der Waals surface area contributed by atoms with E-state index in [9.17, 15) is 18.8 Å². The number of nitrogens with one attached hydrogen (secondary N) is 1. The van der Waals surface area contributed by atoms with E-state index in [4.69, 9.17) is 4.74 Å². The molecule has 1 heterocycles. The van der Waals surface area contributed by atoms with Crippen LogP contribution in [0, 0.1) is 18.7 Å². The molecule has 0 aliphatic carbocycles. The molecule has 7 nitrogen and oxygen atoms in total. The standard InChI is InChI=1S/C22H22FN3O4/c1-13(2)11-26-21(28)16-7-5-4-6-15(16)20(25-26)22(29)30-12-19(27)24-18-9-8-14(3)10-17(18)23/h4-10,13H,11-12H2,1-3H3,(H,24,27). The van der Waals surface area contributed by atoms with Crippen LogP contribution in [-0.4, -0.2) is 28.3 Å². The highest BCUT2D eigenvalue weighted by atomic mass is 19.1. The van der Waals surface area contributed by atoms with Gasteiger partial charge in [0.2, 0.25) is 0 Å². The van der Waals surface area contributed by atoms with Gasteiger partial charge in [-0.05, 0) is 36.6 Å². The Morgan fingerprint density at radius 3 is 2.53 bits per heavy atom. The number of carbonyl (C=O) groups is 2. The molecule has 0 saturated heterocycles. The summed E-state index contributed by atoms with van der Waals surface area (Å²) in [6.45, 7) is 5.29. The third kappa shape index (κ3) is 4.71. The van der Waals surface area contributed by atoms with Crippen molar-refractivity contribution < 1.29 is 18.7 Å². The van der Waals surface area contributed by atoms with Crippen molar-refractivity contribution in [3.05, 3.63) is 69.9 Å². The maximum Gasteiger partial charge on any atom is 0.359 e. The lowest BCUT2D eigenvalue weighted by atomic mass is 10.1. The monoisotopic (exact) mass is 411 g/mol. The van der Waals surface area contributed by atoms with Crippen molar-refractivity contribution >= 4 is 28.3 Å². The van der Waals surface area contributed by atoms with E-state index < -0.39 is 24.3 Å². The number of aryl methyl sites for hydroxylation is 1. The summed E-state index contributed by atoms with van der Waals surface area (Å²) in [6.07, 6.45) is 0.